The zero-order chi connectivity index (χ0) is 14.1. The number of ether oxygens (including phenoxy) is 1. The van der Waals surface area contributed by atoms with Crippen LogP contribution in [-0.4, -0.2) is 38.2 Å². The topological polar surface area (TPSA) is 48.3 Å². The van der Waals surface area contributed by atoms with Crippen LogP contribution in [0, 0.1) is 11.3 Å². The van der Waals surface area contributed by atoms with Crippen LogP contribution in [0.15, 0.2) is 24.3 Å². The molecule has 0 saturated heterocycles. The second kappa shape index (κ2) is 8.52. The van der Waals surface area contributed by atoms with Crippen LogP contribution in [0.2, 0.25) is 0 Å². The van der Waals surface area contributed by atoms with Gasteiger partial charge in [-0.15, -0.1) is 0 Å². The minimum Gasteiger partial charge on any atom is -0.478 e. The third-order valence-corrected chi connectivity index (χ3v) is 2.92. The Hall–Kier alpha value is -1.57. The van der Waals surface area contributed by atoms with Crippen molar-refractivity contribution in [3.05, 3.63) is 29.8 Å². The fraction of sp³-hybridized carbons (Fsp3) is 0.533. The highest BCUT2D eigenvalue weighted by atomic mass is 16.5. The zero-order valence-electron chi connectivity index (χ0n) is 12.0. The van der Waals surface area contributed by atoms with Crippen molar-refractivity contribution in [3.63, 3.8) is 0 Å². The molecule has 0 bridgehead atoms. The first kappa shape index (κ1) is 15.5. The molecule has 1 unspecified atom stereocenters. The molecule has 1 N–H and O–H groups in total. The molecule has 1 atom stereocenters. The molecular weight excluding hydrogens is 238 g/mol. The second-order valence-corrected chi connectivity index (χ2v) is 4.93. The number of hydrogen-bond donors (Lipinski definition) is 1. The molecule has 0 aliphatic heterocycles. The number of nitrogens with one attached hydrogen (secondary N) is 1. The van der Waals surface area contributed by atoms with Crippen molar-refractivity contribution in [1.29, 1.82) is 5.26 Å². The number of nitriles is 1. The van der Waals surface area contributed by atoms with Crippen LogP contribution in [0.4, 0.5) is 0 Å². The lowest BCUT2D eigenvalue weighted by Gasteiger charge is -2.17. The summed E-state index contributed by atoms with van der Waals surface area (Å²) in [6.45, 7) is 4.10. The molecule has 0 aliphatic carbocycles. The predicted molar refractivity (Wildman–Crippen MR) is 77.0 cm³/mol. The van der Waals surface area contributed by atoms with Crippen molar-refractivity contribution in [2.75, 3.05) is 27.2 Å². The first-order valence-corrected chi connectivity index (χ1v) is 6.59. The molecule has 0 heterocycles. The third kappa shape index (κ3) is 6.23. The van der Waals surface area contributed by atoms with Crippen LogP contribution in [0.3, 0.4) is 0 Å². The normalized spacial score (nSPS) is 12.2. The SMILES string of the molecule is CC(CCN(C)C)NCc1ccccc1OCC#N. The monoisotopic (exact) mass is 261 g/mol. The summed E-state index contributed by atoms with van der Waals surface area (Å²) in [7, 11) is 4.16. The van der Waals surface area contributed by atoms with Gasteiger partial charge in [0.25, 0.3) is 0 Å². The maximum Gasteiger partial charge on any atom is 0.174 e. The summed E-state index contributed by atoms with van der Waals surface area (Å²) in [6.07, 6.45) is 1.11. The molecule has 1 aromatic carbocycles. The molecule has 4 heteroatoms. The van der Waals surface area contributed by atoms with Crippen LogP contribution in [-0.2, 0) is 6.54 Å². The lowest BCUT2D eigenvalue weighted by atomic mass is 10.1. The lowest BCUT2D eigenvalue weighted by Crippen LogP contribution is -2.29. The van der Waals surface area contributed by atoms with E-state index in [4.69, 9.17) is 10.00 Å². The summed E-state index contributed by atoms with van der Waals surface area (Å²) >= 11 is 0. The van der Waals surface area contributed by atoms with Crippen molar-refractivity contribution in [2.45, 2.75) is 25.9 Å². The minimum absolute atomic E-state index is 0.0905. The summed E-state index contributed by atoms with van der Waals surface area (Å²) in [5, 5.41) is 12.0. The largest absolute Gasteiger partial charge is 0.478 e. The summed E-state index contributed by atoms with van der Waals surface area (Å²) in [5.41, 5.74) is 1.09. The number of benzene rings is 1. The van der Waals surface area contributed by atoms with Gasteiger partial charge in [-0.3, -0.25) is 0 Å². The van der Waals surface area contributed by atoms with Gasteiger partial charge in [-0.25, -0.2) is 0 Å². The van der Waals surface area contributed by atoms with E-state index in [2.05, 4.69) is 31.2 Å². The smallest absolute Gasteiger partial charge is 0.174 e. The van der Waals surface area contributed by atoms with Crippen LogP contribution in [0.25, 0.3) is 0 Å². The van der Waals surface area contributed by atoms with E-state index < -0.39 is 0 Å². The van der Waals surface area contributed by atoms with E-state index in [-0.39, 0.29) is 6.61 Å². The summed E-state index contributed by atoms with van der Waals surface area (Å²) in [5.74, 6) is 0.788. The van der Waals surface area contributed by atoms with E-state index in [1.807, 2.05) is 30.3 Å². The van der Waals surface area contributed by atoms with E-state index >= 15 is 0 Å². The molecule has 0 radical (unpaired) electrons. The number of rotatable bonds is 8. The molecule has 0 aliphatic rings. The Morgan fingerprint density at radius 1 is 1.37 bits per heavy atom. The molecule has 104 valence electrons. The predicted octanol–water partition coefficient (Wildman–Crippen LogP) is 2.02. The quantitative estimate of drug-likeness (QED) is 0.778. The van der Waals surface area contributed by atoms with Crippen molar-refractivity contribution in [3.8, 4) is 11.8 Å². The molecule has 0 spiro atoms. The van der Waals surface area contributed by atoms with Gasteiger partial charge in [-0.2, -0.15) is 5.26 Å². The standard InChI is InChI=1S/C15H23N3O/c1-13(8-10-18(2)3)17-12-14-6-4-5-7-15(14)19-11-9-16/h4-7,13,17H,8,10-12H2,1-3H3. The fourth-order valence-electron chi connectivity index (χ4n) is 1.74. The van der Waals surface area contributed by atoms with Gasteiger partial charge < -0.3 is 15.0 Å². The number of para-hydroxylation sites is 1. The molecule has 0 amide bonds. The van der Waals surface area contributed by atoms with E-state index in [1.54, 1.807) is 0 Å². The first-order chi connectivity index (χ1) is 9.13. The van der Waals surface area contributed by atoms with Crippen LogP contribution in [0.5, 0.6) is 5.75 Å². The maximum atomic E-state index is 8.56. The maximum absolute atomic E-state index is 8.56. The average Bonchev–Trinajstić information content (AvgIpc) is 2.41. The van der Waals surface area contributed by atoms with Gasteiger partial charge in [-0.1, -0.05) is 18.2 Å². The van der Waals surface area contributed by atoms with E-state index in [1.165, 1.54) is 0 Å². The lowest BCUT2D eigenvalue weighted by molar-refractivity contribution is 0.353. The van der Waals surface area contributed by atoms with Gasteiger partial charge in [0, 0.05) is 18.2 Å². The van der Waals surface area contributed by atoms with E-state index in [0.29, 0.717) is 6.04 Å². The molecule has 1 aromatic rings. The highest BCUT2D eigenvalue weighted by molar-refractivity contribution is 5.33. The van der Waals surface area contributed by atoms with Crippen LogP contribution >= 0.6 is 0 Å². The molecule has 4 nitrogen and oxygen atoms in total. The molecule has 0 fully saturated rings. The van der Waals surface area contributed by atoms with E-state index in [9.17, 15) is 0 Å². The van der Waals surface area contributed by atoms with Crippen molar-refractivity contribution in [1.82, 2.24) is 10.2 Å². The van der Waals surface area contributed by atoms with E-state index in [0.717, 1.165) is 30.8 Å². The van der Waals surface area contributed by atoms with Gasteiger partial charge in [0.1, 0.15) is 11.8 Å². The molecule has 19 heavy (non-hydrogen) atoms. The molecular formula is C15H23N3O. The zero-order valence-corrected chi connectivity index (χ0v) is 12.0. The number of hydrogen-bond acceptors (Lipinski definition) is 4. The Balaban J connectivity index is 2.46. The van der Waals surface area contributed by atoms with Gasteiger partial charge in [0.05, 0.1) is 0 Å². The Morgan fingerprint density at radius 2 is 2.11 bits per heavy atom. The van der Waals surface area contributed by atoms with Crippen LogP contribution in [0.1, 0.15) is 18.9 Å². The number of nitrogens with zero attached hydrogens (tertiary/aromatic N) is 2. The van der Waals surface area contributed by atoms with Gasteiger partial charge >= 0.3 is 0 Å². The van der Waals surface area contributed by atoms with Gasteiger partial charge in [-0.05, 0) is 40.1 Å². The minimum atomic E-state index is 0.0905. The highest BCUT2D eigenvalue weighted by Crippen LogP contribution is 2.17. The Morgan fingerprint density at radius 3 is 2.79 bits per heavy atom. The van der Waals surface area contributed by atoms with Crippen molar-refractivity contribution in [2.24, 2.45) is 0 Å². The Labute approximate surface area is 116 Å². The first-order valence-electron chi connectivity index (χ1n) is 6.59. The Bertz CT molecular complexity index is 412. The van der Waals surface area contributed by atoms with Gasteiger partial charge in [0.2, 0.25) is 0 Å². The average molecular weight is 261 g/mol. The highest BCUT2D eigenvalue weighted by Gasteiger charge is 2.06. The summed E-state index contributed by atoms with van der Waals surface area (Å²) in [4.78, 5) is 2.18. The molecule has 0 aromatic heterocycles. The van der Waals surface area contributed by atoms with Gasteiger partial charge in [0.15, 0.2) is 6.61 Å². The van der Waals surface area contributed by atoms with Crippen LogP contribution < -0.4 is 10.1 Å². The van der Waals surface area contributed by atoms with Crippen molar-refractivity contribution >= 4 is 0 Å². The summed E-state index contributed by atoms with van der Waals surface area (Å²) in [6, 6.07) is 10.3. The van der Waals surface area contributed by atoms with Crippen molar-refractivity contribution < 1.29 is 4.74 Å². The Kier molecular flexibility index (Phi) is 6.94. The second-order valence-electron chi connectivity index (χ2n) is 4.93. The third-order valence-electron chi connectivity index (χ3n) is 2.92. The summed E-state index contributed by atoms with van der Waals surface area (Å²) < 4.78 is 5.41. The molecule has 0 saturated carbocycles. The fourth-order valence-corrected chi connectivity index (χ4v) is 1.74. The molecule has 1 rings (SSSR count).